The molecule has 6 heteroatoms. The highest BCUT2D eigenvalue weighted by Crippen LogP contribution is 2.60. The Bertz CT molecular complexity index is 996. The molecule has 2 aromatic rings. The van der Waals surface area contributed by atoms with Gasteiger partial charge in [-0.15, -0.1) is 10.2 Å². The standard InChI is InChI=1S/C28H39N5O/c1-18-25(15-32(2)31-18)26-3-4-27(30-29-26)34-16-22-8-23-13-33(14-24(23)9-22)17-28-10-19-5-20(11-28)7-21(6-19)12-28/h3-4,15,19-24H,5-14,16-17H2,1-2H3/t19?,20?,21?,22?,23-,24+,28?. The first-order valence-electron chi connectivity index (χ1n) is 13.7. The van der Waals surface area contributed by atoms with Crippen molar-refractivity contribution in [3.63, 3.8) is 0 Å². The Hall–Kier alpha value is -1.95. The van der Waals surface area contributed by atoms with Crippen LogP contribution in [0.1, 0.15) is 57.1 Å². The van der Waals surface area contributed by atoms with Gasteiger partial charge < -0.3 is 9.64 Å². The van der Waals surface area contributed by atoms with Crippen LogP contribution in [0.25, 0.3) is 11.3 Å². The van der Waals surface area contributed by atoms with Gasteiger partial charge in [0.1, 0.15) is 0 Å². The molecule has 0 N–H and O–H groups in total. The number of aryl methyl sites for hydroxylation is 2. The van der Waals surface area contributed by atoms with E-state index in [1.54, 1.807) is 38.5 Å². The van der Waals surface area contributed by atoms with Crippen LogP contribution in [-0.4, -0.2) is 51.1 Å². The molecule has 6 nitrogen and oxygen atoms in total. The van der Waals surface area contributed by atoms with E-state index in [-0.39, 0.29) is 0 Å². The number of rotatable bonds is 6. The van der Waals surface area contributed by atoms with Gasteiger partial charge in [-0.2, -0.15) is 5.10 Å². The van der Waals surface area contributed by atoms with Crippen LogP contribution in [0.15, 0.2) is 18.3 Å². The van der Waals surface area contributed by atoms with Crippen molar-refractivity contribution in [1.29, 1.82) is 0 Å². The fraction of sp³-hybridized carbons (Fsp3) is 0.750. The number of ether oxygens (including phenoxy) is 1. The third kappa shape index (κ3) is 3.86. The zero-order valence-electron chi connectivity index (χ0n) is 20.8. The summed E-state index contributed by atoms with van der Waals surface area (Å²) >= 11 is 0. The molecule has 2 aromatic heterocycles. The summed E-state index contributed by atoms with van der Waals surface area (Å²) in [5.74, 6) is 6.28. The lowest BCUT2D eigenvalue weighted by atomic mass is 9.49. The molecule has 4 bridgehead atoms. The van der Waals surface area contributed by atoms with E-state index in [0.29, 0.717) is 17.2 Å². The molecule has 0 radical (unpaired) electrons. The molecule has 3 heterocycles. The van der Waals surface area contributed by atoms with Gasteiger partial charge in [-0.05, 0) is 105 Å². The molecule has 1 aliphatic heterocycles. The van der Waals surface area contributed by atoms with Crippen molar-refractivity contribution in [2.75, 3.05) is 26.2 Å². The summed E-state index contributed by atoms with van der Waals surface area (Å²) in [4.78, 5) is 2.88. The number of hydrogen-bond acceptors (Lipinski definition) is 5. The zero-order chi connectivity index (χ0) is 22.9. The Morgan fingerprint density at radius 1 is 0.941 bits per heavy atom. The molecule has 8 rings (SSSR count). The SMILES string of the molecule is Cc1nn(C)cc1-c1ccc(OCC2C[C@@H]3CN(CC45CC6CC(CC(C6)C4)C5)C[C@@H]3C2)nn1. The topological polar surface area (TPSA) is 56.1 Å². The lowest BCUT2D eigenvalue weighted by molar-refractivity contribution is -0.0674. The van der Waals surface area contributed by atoms with Crippen molar-refractivity contribution in [2.45, 2.75) is 58.3 Å². The summed E-state index contributed by atoms with van der Waals surface area (Å²) in [5.41, 5.74) is 3.55. The van der Waals surface area contributed by atoms with Crippen LogP contribution in [0, 0.1) is 47.8 Å². The number of likely N-dealkylation sites (tertiary alicyclic amines) is 1. The van der Waals surface area contributed by atoms with Crippen LogP contribution in [0.2, 0.25) is 0 Å². The number of fused-ring (bicyclic) bond motifs is 1. The molecule has 6 aliphatic rings. The lowest BCUT2D eigenvalue weighted by Crippen LogP contribution is -2.51. The summed E-state index contributed by atoms with van der Waals surface area (Å²) in [7, 11) is 1.93. The molecule has 3 atom stereocenters. The van der Waals surface area contributed by atoms with E-state index in [2.05, 4.69) is 20.2 Å². The molecule has 182 valence electrons. The average molecular weight is 462 g/mol. The van der Waals surface area contributed by atoms with Crippen molar-refractivity contribution >= 4 is 0 Å². The smallest absolute Gasteiger partial charge is 0.233 e. The fourth-order valence-corrected chi connectivity index (χ4v) is 9.34. The third-order valence-electron chi connectivity index (χ3n) is 10.0. The zero-order valence-corrected chi connectivity index (χ0v) is 20.8. The maximum atomic E-state index is 6.09. The Labute approximate surface area is 203 Å². The van der Waals surface area contributed by atoms with Crippen molar-refractivity contribution < 1.29 is 4.74 Å². The van der Waals surface area contributed by atoms with E-state index in [4.69, 9.17) is 4.74 Å². The molecule has 34 heavy (non-hydrogen) atoms. The van der Waals surface area contributed by atoms with E-state index < -0.39 is 0 Å². The van der Waals surface area contributed by atoms with E-state index >= 15 is 0 Å². The first-order valence-corrected chi connectivity index (χ1v) is 13.7. The van der Waals surface area contributed by atoms with Gasteiger partial charge in [0.25, 0.3) is 0 Å². The highest BCUT2D eigenvalue weighted by Gasteiger charge is 2.52. The van der Waals surface area contributed by atoms with Crippen LogP contribution in [0.4, 0.5) is 0 Å². The Balaban J connectivity index is 0.907. The third-order valence-corrected chi connectivity index (χ3v) is 10.0. The van der Waals surface area contributed by atoms with Crippen LogP contribution >= 0.6 is 0 Å². The minimum Gasteiger partial charge on any atom is -0.476 e. The second kappa shape index (κ2) is 8.04. The molecule has 0 spiro atoms. The Kier molecular flexibility index (Phi) is 5.05. The molecule has 0 amide bonds. The number of hydrogen-bond donors (Lipinski definition) is 0. The summed E-state index contributed by atoms with van der Waals surface area (Å²) < 4.78 is 7.91. The monoisotopic (exact) mass is 461 g/mol. The van der Waals surface area contributed by atoms with E-state index in [9.17, 15) is 0 Å². The highest BCUT2D eigenvalue weighted by atomic mass is 16.5. The number of aromatic nitrogens is 4. The summed E-state index contributed by atoms with van der Waals surface area (Å²) in [6.45, 7) is 6.86. The van der Waals surface area contributed by atoms with Gasteiger partial charge in [0.15, 0.2) is 0 Å². The number of nitrogens with zero attached hydrogens (tertiary/aromatic N) is 5. The second-order valence-corrected chi connectivity index (χ2v) is 12.8. The highest BCUT2D eigenvalue weighted by molar-refractivity contribution is 5.60. The minimum absolute atomic E-state index is 0.644. The minimum atomic E-state index is 0.644. The van der Waals surface area contributed by atoms with Gasteiger partial charge in [0.05, 0.1) is 18.0 Å². The summed E-state index contributed by atoms with van der Waals surface area (Å²) in [6.07, 6.45) is 13.9. The maximum Gasteiger partial charge on any atom is 0.233 e. The molecule has 6 fully saturated rings. The quantitative estimate of drug-likeness (QED) is 0.622. The summed E-state index contributed by atoms with van der Waals surface area (Å²) in [5, 5.41) is 13.1. The van der Waals surface area contributed by atoms with Gasteiger partial charge >= 0.3 is 0 Å². The van der Waals surface area contributed by atoms with Crippen molar-refractivity contribution in [1.82, 2.24) is 24.9 Å². The van der Waals surface area contributed by atoms with Gasteiger partial charge in [-0.25, -0.2) is 0 Å². The molecule has 5 saturated carbocycles. The Morgan fingerprint density at radius 2 is 1.62 bits per heavy atom. The molecule has 5 aliphatic carbocycles. The maximum absolute atomic E-state index is 6.09. The normalized spacial score (nSPS) is 38.5. The van der Waals surface area contributed by atoms with E-state index in [1.165, 1.54) is 32.5 Å². The van der Waals surface area contributed by atoms with Gasteiger partial charge in [0.2, 0.25) is 5.88 Å². The van der Waals surface area contributed by atoms with Gasteiger partial charge in [-0.1, -0.05) is 0 Å². The predicted molar refractivity (Wildman–Crippen MR) is 131 cm³/mol. The van der Waals surface area contributed by atoms with Crippen LogP contribution < -0.4 is 4.74 Å². The van der Waals surface area contributed by atoms with Crippen LogP contribution in [0.5, 0.6) is 5.88 Å². The Morgan fingerprint density at radius 3 is 2.18 bits per heavy atom. The fourth-order valence-electron chi connectivity index (χ4n) is 9.34. The van der Waals surface area contributed by atoms with E-state index in [0.717, 1.165) is 53.1 Å². The van der Waals surface area contributed by atoms with Crippen molar-refractivity contribution in [3.05, 3.63) is 24.0 Å². The van der Waals surface area contributed by atoms with Crippen LogP contribution in [0.3, 0.4) is 0 Å². The molecular weight excluding hydrogens is 422 g/mol. The van der Waals surface area contributed by atoms with Crippen molar-refractivity contribution in [3.8, 4) is 17.1 Å². The molecule has 1 unspecified atom stereocenters. The first-order chi connectivity index (χ1) is 16.5. The molecular formula is C28H39N5O. The van der Waals surface area contributed by atoms with Gasteiger partial charge in [-0.3, -0.25) is 4.68 Å². The van der Waals surface area contributed by atoms with Gasteiger partial charge in [0, 0.05) is 44.5 Å². The van der Waals surface area contributed by atoms with Crippen molar-refractivity contribution in [2.24, 2.45) is 48.0 Å². The van der Waals surface area contributed by atoms with Crippen LogP contribution in [-0.2, 0) is 7.05 Å². The largest absolute Gasteiger partial charge is 0.476 e. The average Bonchev–Trinajstić information content (AvgIpc) is 3.43. The molecule has 1 saturated heterocycles. The second-order valence-electron chi connectivity index (χ2n) is 12.8. The predicted octanol–water partition coefficient (Wildman–Crippen LogP) is 4.74. The lowest BCUT2D eigenvalue weighted by Gasteiger charge is -2.57. The summed E-state index contributed by atoms with van der Waals surface area (Å²) in [6, 6.07) is 3.95. The molecule has 0 aromatic carbocycles. The first kappa shape index (κ1) is 21.3. The van der Waals surface area contributed by atoms with E-state index in [1.807, 2.05) is 37.0 Å².